The molecule has 0 fully saturated rings. The van der Waals surface area contributed by atoms with Gasteiger partial charge in [0.05, 0.1) is 17.8 Å². The highest BCUT2D eigenvalue weighted by Gasteiger charge is 2.07. The third kappa shape index (κ3) is 5.33. The maximum absolute atomic E-state index is 12.8. The van der Waals surface area contributed by atoms with E-state index in [-0.39, 0.29) is 12.1 Å². The molecular weight excluding hydrogens is 356 g/mol. The number of rotatable bonds is 5. The Labute approximate surface area is 147 Å². The number of hydrogen-bond donors (Lipinski definition) is 2. The topological polar surface area (TPSA) is 70.6 Å². The summed E-state index contributed by atoms with van der Waals surface area (Å²) in [5.74, 6) is -1.46. The van der Waals surface area contributed by atoms with E-state index in [4.69, 9.17) is 23.2 Å². The number of hydrazone groups is 1. The maximum Gasteiger partial charge on any atom is 0.259 e. The van der Waals surface area contributed by atoms with Gasteiger partial charge in [0.15, 0.2) is 0 Å². The van der Waals surface area contributed by atoms with Crippen molar-refractivity contribution in [1.82, 2.24) is 10.7 Å². The van der Waals surface area contributed by atoms with Gasteiger partial charge >= 0.3 is 0 Å². The number of halogens is 3. The molecule has 0 saturated carbocycles. The molecule has 0 aliphatic heterocycles. The van der Waals surface area contributed by atoms with Crippen molar-refractivity contribution in [2.75, 3.05) is 6.54 Å². The van der Waals surface area contributed by atoms with Gasteiger partial charge in [-0.05, 0) is 36.4 Å². The molecule has 0 spiro atoms. The van der Waals surface area contributed by atoms with Gasteiger partial charge in [0.25, 0.3) is 11.8 Å². The molecule has 0 heterocycles. The first kappa shape index (κ1) is 17.9. The molecule has 2 amide bonds. The zero-order valence-corrected chi connectivity index (χ0v) is 13.7. The largest absolute Gasteiger partial charge is 0.343 e. The first-order valence-electron chi connectivity index (χ1n) is 6.76. The van der Waals surface area contributed by atoms with Crippen LogP contribution in [-0.4, -0.2) is 24.6 Å². The van der Waals surface area contributed by atoms with Crippen molar-refractivity contribution in [2.45, 2.75) is 0 Å². The number of nitrogens with one attached hydrogen (secondary N) is 2. The van der Waals surface area contributed by atoms with Crippen molar-refractivity contribution in [3.8, 4) is 0 Å². The van der Waals surface area contributed by atoms with Crippen molar-refractivity contribution < 1.29 is 14.0 Å². The van der Waals surface area contributed by atoms with Crippen LogP contribution in [0, 0.1) is 5.82 Å². The van der Waals surface area contributed by atoms with Crippen LogP contribution in [0.15, 0.2) is 47.6 Å². The Morgan fingerprint density at radius 2 is 1.83 bits per heavy atom. The van der Waals surface area contributed by atoms with E-state index in [1.807, 2.05) is 0 Å². The number of benzene rings is 2. The van der Waals surface area contributed by atoms with Crippen LogP contribution in [0.4, 0.5) is 4.39 Å². The predicted molar refractivity (Wildman–Crippen MR) is 90.9 cm³/mol. The third-order valence-corrected chi connectivity index (χ3v) is 3.43. The van der Waals surface area contributed by atoms with Crippen molar-refractivity contribution in [2.24, 2.45) is 5.10 Å². The fourth-order valence-electron chi connectivity index (χ4n) is 1.68. The summed E-state index contributed by atoms with van der Waals surface area (Å²) < 4.78 is 12.8. The lowest BCUT2D eigenvalue weighted by molar-refractivity contribution is -0.120. The quantitative estimate of drug-likeness (QED) is 0.629. The van der Waals surface area contributed by atoms with Crippen LogP contribution in [0.2, 0.25) is 10.0 Å². The molecule has 2 N–H and O–H groups in total. The van der Waals surface area contributed by atoms with E-state index < -0.39 is 17.6 Å². The van der Waals surface area contributed by atoms with E-state index in [1.54, 1.807) is 18.2 Å². The second-order valence-corrected chi connectivity index (χ2v) is 5.49. The molecule has 0 saturated heterocycles. The van der Waals surface area contributed by atoms with E-state index >= 15 is 0 Å². The molecule has 0 aliphatic rings. The Hall–Kier alpha value is -2.44. The van der Waals surface area contributed by atoms with Gasteiger partial charge in [-0.3, -0.25) is 9.59 Å². The number of carbonyl (C=O) groups excluding carboxylic acids is 2. The van der Waals surface area contributed by atoms with Crippen LogP contribution < -0.4 is 10.7 Å². The summed E-state index contributed by atoms with van der Waals surface area (Å²) in [5, 5.41) is 7.02. The van der Waals surface area contributed by atoms with Crippen LogP contribution in [-0.2, 0) is 4.79 Å². The highest BCUT2D eigenvalue weighted by Crippen LogP contribution is 2.19. The summed E-state index contributed by atoms with van der Waals surface area (Å²) in [6, 6.07) is 9.81. The summed E-state index contributed by atoms with van der Waals surface area (Å²) in [6.07, 6.45) is 1.36. The van der Waals surface area contributed by atoms with E-state index in [9.17, 15) is 14.0 Å². The van der Waals surface area contributed by atoms with Gasteiger partial charge in [0.2, 0.25) is 0 Å². The minimum absolute atomic E-state index is 0.251. The normalized spacial score (nSPS) is 10.6. The lowest BCUT2D eigenvalue weighted by atomic mass is 10.2. The van der Waals surface area contributed by atoms with E-state index in [2.05, 4.69) is 15.8 Å². The smallest absolute Gasteiger partial charge is 0.259 e. The fraction of sp³-hybridized carbons (Fsp3) is 0.0625. The summed E-state index contributed by atoms with van der Waals surface area (Å²) in [6.45, 7) is -0.276. The van der Waals surface area contributed by atoms with Gasteiger partial charge in [-0.2, -0.15) is 5.10 Å². The standard InChI is InChI=1S/C16H12Cl2FN3O2/c17-12-4-1-11(14(18)7-12)8-21-22-15(23)9-20-16(24)10-2-5-13(19)6-3-10/h1-8H,9H2,(H,20,24)(H,22,23)/b21-8+. The maximum atomic E-state index is 12.8. The molecule has 124 valence electrons. The molecule has 0 radical (unpaired) electrons. The molecular formula is C16H12Cl2FN3O2. The Morgan fingerprint density at radius 1 is 1.12 bits per heavy atom. The van der Waals surface area contributed by atoms with Gasteiger partial charge < -0.3 is 5.32 Å². The second-order valence-electron chi connectivity index (χ2n) is 4.65. The monoisotopic (exact) mass is 367 g/mol. The molecule has 24 heavy (non-hydrogen) atoms. The van der Waals surface area contributed by atoms with Gasteiger partial charge in [0.1, 0.15) is 5.82 Å². The molecule has 0 atom stereocenters. The Morgan fingerprint density at radius 3 is 2.50 bits per heavy atom. The lowest BCUT2D eigenvalue weighted by Gasteiger charge is -2.04. The van der Waals surface area contributed by atoms with Gasteiger partial charge in [-0.1, -0.05) is 29.3 Å². The summed E-state index contributed by atoms with van der Waals surface area (Å²) in [4.78, 5) is 23.4. The van der Waals surface area contributed by atoms with Crippen LogP contribution in [0.3, 0.4) is 0 Å². The van der Waals surface area contributed by atoms with Crippen molar-refractivity contribution in [3.63, 3.8) is 0 Å². The van der Waals surface area contributed by atoms with Crippen LogP contribution in [0.5, 0.6) is 0 Å². The summed E-state index contributed by atoms with van der Waals surface area (Å²) in [7, 11) is 0. The first-order valence-corrected chi connectivity index (χ1v) is 7.52. The van der Waals surface area contributed by atoms with E-state index in [0.29, 0.717) is 15.6 Å². The molecule has 2 aromatic carbocycles. The third-order valence-electron chi connectivity index (χ3n) is 2.87. The molecule has 0 unspecified atom stereocenters. The van der Waals surface area contributed by atoms with E-state index in [0.717, 1.165) is 12.1 Å². The number of hydrogen-bond acceptors (Lipinski definition) is 3. The molecule has 5 nitrogen and oxygen atoms in total. The zero-order valence-electron chi connectivity index (χ0n) is 12.2. The number of amides is 2. The lowest BCUT2D eigenvalue weighted by Crippen LogP contribution is -2.34. The summed E-state index contributed by atoms with van der Waals surface area (Å²) in [5.41, 5.74) is 3.08. The van der Waals surface area contributed by atoms with Crippen molar-refractivity contribution in [3.05, 3.63) is 69.5 Å². The Kier molecular flexibility index (Phi) is 6.28. The number of nitrogens with zero attached hydrogens (tertiary/aromatic N) is 1. The van der Waals surface area contributed by atoms with Crippen LogP contribution in [0.25, 0.3) is 0 Å². The Bertz CT molecular complexity index is 779. The molecule has 0 bridgehead atoms. The summed E-state index contributed by atoms with van der Waals surface area (Å²) >= 11 is 11.7. The SMILES string of the molecule is O=C(CNC(=O)c1ccc(F)cc1)N/N=C/c1ccc(Cl)cc1Cl. The second kappa shape index (κ2) is 8.42. The van der Waals surface area contributed by atoms with Gasteiger partial charge in [-0.15, -0.1) is 0 Å². The highest BCUT2D eigenvalue weighted by molar-refractivity contribution is 6.36. The number of carbonyl (C=O) groups is 2. The van der Waals surface area contributed by atoms with E-state index in [1.165, 1.54) is 18.3 Å². The molecule has 0 aromatic heterocycles. The molecule has 0 aliphatic carbocycles. The van der Waals surface area contributed by atoms with Crippen LogP contribution in [0.1, 0.15) is 15.9 Å². The van der Waals surface area contributed by atoms with Gasteiger partial charge in [-0.25, -0.2) is 9.82 Å². The minimum atomic E-state index is -0.521. The van der Waals surface area contributed by atoms with Crippen molar-refractivity contribution in [1.29, 1.82) is 0 Å². The average molecular weight is 368 g/mol. The molecule has 8 heteroatoms. The molecule has 2 aromatic rings. The first-order chi connectivity index (χ1) is 11.5. The minimum Gasteiger partial charge on any atom is -0.343 e. The Balaban J connectivity index is 1.81. The predicted octanol–water partition coefficient (Wildman–Crippen LogP) is 3.01. The fourth-order valence-corrected chi connectivity index (χ4v) is 2.14. The van der Waals surface area contributed by atoms with Gasteiger partial charge in [0, 0.05) is 16.1 Å². The molecule has 2 rings (SSSR count). The van der Waals surface area contributed by atoms with Crippen molar-refractivity contribution >= 4 is 41.2 Å². The highest BCUT2D eigenvalue weighted by atomic mass is 35.5. The average Bonchev–Trinajstić information content (AvgIpc) is 2.55. The zero-order chi connectivity index (χ0) is 17.5. The van der Waals surface area contributed by atoms with Crippen LogP contribution >= 0.6 is 23.2 Å².